The molecule has 2 aromatic rings. The Labute approximate surface area is 264 Å². The molecule has 0 bridgehead atoms. The summed E-state index contributed by atoms with van der Waals surface area (Å²) < 4.78 is 6.11. The third-order valence-electron chi connectivity index (χ3n) is 10.3. The van der Waals surface area contributed by atoms with Gasteiger partial charge in [-0.05, 0) is 81.8 Å². The smallest absolute Gasteiger partial charge is 0.410 e. The molecule has 12 nitrogen and oxygen atoms in total. The van der Waals surface area contributed by atoms with Gasteiger partial charge in [-0.2, -0.15) is 0 Å². The summed E-state index contributed by atoms with van der Waals surface area (Å²) in [6, 6.07) is 12.1. The molecule has 0 radical (unpaired) electrons. The fourth-order valence-electron chi connectivity index (χ4n) is 7.85. The zero-order valence-corrected chi connectivity index (χ0v) is 26.0. The van der Waals surface area contributed by atoms with Gasteiger partial charge in [-0.3, -0.25) is 4.79 Å². The van der Waals surface area contributed by atoms with Crippen LogP contribution in [0.4, 0.5) is 26.7 Å². The Kier molecular flexibility index (Phi) is 8.17. The first-order valence-electron chi connectivity index (χ1n) is 16.5. The predicted octanol–water partition coefficient (Wildman–Crippen LogP) is 3.90. The number of carbonyl (C=O) groups is 3. The third kappa shape index (κ3) is 6.00. The fourth-order valence-corrected chi connectivity index (χ4v) is 7.85. The number of hydrogen-bond acceptors (Lipinski definition) is 8. The molecule has 240 valence electrons. The molecule has 0 saturated carbocycles. The molecular weight excluding hydrogens is 572 g/mol. The number of anilines is 3. The average molecular weight is 617 g/mol. The molecule has 45 heavy (non-hydrogen) atoms. The Morgan fingerprint density at radius 1 is 0.933 bits per heavy atom. The van der Waals surface area contributed by atoms with Gasteiger partial charge in [0.2, 0.25) is 0 Å². The first kappa shape index (κ1) is 29.7. The monoisotopic (exact) mass is 616 g/mol. The molecule has 7 rings (SSSR count). The number of ether oxygens (including phenoxy) is 1. The standard InChI is InChI=1S/C33H44N8O4/c1-22-19-23(20-27-29(22)37-38-36-27)21-28(30(42)40-15-9-24(10-16-40)39-13-5-2-6-14-39)45-32(44)41-17-11-33(12-18-41)25-7-3-4-8-26(25)34-31(43)35-33/h3-4,7-8,19-20,24,28,36-38H,2,5-6,9-18,21H2,1H3,(H2,34,35,43). The van der Waals surface area contributed by atoms with Crippen LogP contribution >= 0.6 is 0 Å². The van der Waals surface area contributed by atoms with Crippen LogP contribution in [0.1, 0.15) is 61.6 Å². The molecule has 3 fully saturated rings. The van der Waals surface area contributed by atoms with Crippen molar-refractivity contribution in [1.82, 2.24) is 25.6 Å². The van der Waals surface area contributed by atoms with Gasteiger partial charge in [0.05, 0.1) is 16.9 Å². The molecule has 5 heterocycles. The molecule has 5 aliphatic heterocycles. The average Bonchev–Trinajstić information content (AvgIpc) is 3.54. The molecule has 0 aromatic heterocycles. The van der Waals surface area contributed by atoms with E-state index in [1.807, 2.05) is 48.2 Å². The van der Waals surface area contributed by atoms with Crippen LogP contribution in [0, 0.1) is 6.92 Å². The van der Waals surface area contributed by atoms with E-state index in [4.69, 9.17) is 4.74 Å². The second kappa shape index (κ2) is 12.4. The number of hydrazine groups is 2. The summed E-state index contributed by atoms with van der Waals surface area (Å²) in [5.74, 6) is -0.129. The minimum absolute atomic E-state index is 0.129. The number of amides is 4. The first-order valence-corrected chi connectivity index (χ1v) is 16.5. The van der Waals surface area contributed by atoms with Gasteiger partial charge in [-0.1, -0.05) is 30.7 Å². The van der Waals surface area contributed by atoms with Crippen LogP contribution in [-0.4, -0.2) is 84.1 Å². The quantitative estimate of drug-likeness (QED) is 0.342. The number of aryl methyl sites for hydroxylation is 1. The number of para-hydroxylation sites is 1. The molecule has 0 aliphatic carbocycles. The number of hydrogen-bond donors (Lipinski definition) is 5. The molecule has 4 amide bonds. The number of nitrogens with zero attached hydrogens (tertiary/aromatic N) is 3. The van der Waals surface area contributed by atoms with E-state index in [1.54, 1.807) is 4.90 Å². The van der Waals surface area contributed by atoms with Crippen LogP contribution in [0.5, 0.6) is 0 Å². The molecule has 1 spiro atoms. The van der Waals surface area contributed by atoms with Gasteiger partial charge in [-0.25, -0.2) is 9.59 Å². The number of carbonyl (C=O) groups excluding carboxylic acids is 3. The van der Waals surface area contributed by atoms with Crippen molar-refractivity contribution in [2.24, 2.45) is 0 Å². The Morgan fingerprint density at radius 3 is 2.47 bits per heavy atom. The molecule has 1 unspecified atom stereocenters. The van der Waals surface area contributed by atoms with Crippen molar-refractivity contribution in [1.29, 1.82) is 0 Å². The maximum atomic E-state index is 14.1. The van der Waals surface area contributed by atoms with Crippen LogP contribution in [0.25, 0.3) is 0 Å². The van der Waals surface area contributed by atoms with Crippen molar-refractivity contribution < 1.29 is 19.1 Å². The number of fused-ring (bicyclic) bond motifs is 3. The number of urea groups is 1. The van der Waals surface area contributed by atoms with Gasteiger partial charge >= 0.3 is 12.1 Å². The van der Waals surface area contributed by atoms with E-state index in [2.05, 4.69) is 31.9 Å². The number of rotatable bonds is 5. The Morgan fingerprint density at radius 2 is 1.69 bits per heavy atom. The van der Waals surface area contributed by atoms with Gasteiger partial charge in [-0.15, -0.1) is 5.53 Å². The van der Waals surface area contributed by atoms with Gasteiger partial charge in [0.1, 0.15) is 0 Å². The van der Waals surface area contributed by atoms with Crippen molar-refractivity contribution in [3.05, 3.63) is 53.1 Å². The normalized spacial score (nSPS) is 21.9. The molecular formula is C33H44N8O4. The summed E-state index contributed by atoms with van der Waals surface area (Å²) in [6.45, 7) is 6.48. The lowest BCUT2D eigenvalue weighted by Gasteiger charge is -2.45. The van der Waals surface area contributed by atoms with Crippen molar-refractivity contribution in [2.75, 3.05) is 55.4 Å². The van der Waals surface area contributed by atoms with Crippen molar-refractivity contribution >= 4 is 35.1 Å². The number of likely N-dealkylation sites (tertiary alicyclic amines) is 3. The SMILES string of the molecule is Cc1cc(CC(OC(=O)N2CCC3(CC2)NC(=O)Nc2ccccc23)C(=O)N2CCC(N3CCCCC3)CC2)cc2c1NNN2. The van der Waals surface area contributed by atoms with E-state index in [9.17, 15) is 14.4 Å². The Balaban J connectivity index is 1.05. The zero-order chi connectivity index (χ0) is 31.0. The highest BCUT2D eigenvalue weighted by Gasteiger charge is 2.43. The number of benzene rings is 2. The summed E-state index contributed by atoms with van der Waals surface area (Å²) in [6.07, 6.45) is 5.70. The Bertz CT molecular complexity index is 1440. The van der Waals surface area contributed by atoms with Crippen LogP contribution in [0.3, 0.4) is 0 Å². The maximum Gasteiger partial charge on any atom is 0.410 e. The van der Waals surface area contributed by atoms with Crippen LogP contribution in [0.2, 0.25) is 0 Å². The van der Waals surface area contributed by atoms with Crippen LogP contribution in [-0.2, 0) is 21.5 Å². The highest BCUT2D eigenvalue weighted by Crippen LogP contribution is 2.40. The van der Waals surface area contributed by atoms with E-state index in [-0.39, 0.29) is 11.9 Å². The first-order chi connectivity index (χ1) is 21.9. The van der Waals surface area contributed by atoms with Crippen molar-refractivity contribution in [2.45, 2.75) is 76.0 Å². The van der Waals surface area contributed by atoms with Crippen molar-refractivity contribution in [3.8, 4) is 0 Å². The largest absolute Gasteiger partial charge is 0.436 e. The lowest BCUT2D eigenvalue weighted by atomic mass is 9.79. The van der Waals surface area contributed by atoms with E-state index < -0.39 is 17.7 Å². The van der Waals surface area contributed by atoms with Gasteiger partial charge in [0, 0.05) is 49.9 Å². The van der Waals surface area contributed by atoms with Gasteiger partial charge in [0.15, 0.2) is 6.10 Å². The fraction of sp³-hybridized carbons (Fsp3) is 0.545. The lowest BCUT2D eigenvalue weighted by molar-refractivity contribution is -0.142. The second-order valence-corrected chi connectivity index (χ2v) is 13.1. The minimum atomic E-state index is -0.931. The maximum absolute atomic E-state index is 14.1. The Hall–Kier alpha value is -4.03. The highest BCUT2D eigenvalue weighted by atomic mass is 16.6. The van der Waals surface area contributed by atoms with Crippen molar-refractivity contribution in [3.63, 3.8) is 0 Å². The predicted molar refractivity (Wildman–Crippen MR) is 172 cm³/mol. The summed E-state index contributed by atoms with van der Waals surface area (Å²) in [5, 5.41) is 6.01. The lowest BCUT2D eigenvalue weighted by Crippen LogP contribution is -2.58. The van der Waals surface area contributed by atoms with E-state index in [1.165, 1.54) is 19.3 Å². The summed E-state index contributed by atoms with van der Waals surface area (Å²) in [7, 11) is 0. The molecule has 5 aliphatic rings. The van der Waals surface area contributed by atoms with E-state index >= 15 is 0 Å². The topological polar surface area (TPSA) is 130 Å². The van der Waals surface area contributed by atoms with Gasteiger partial charge in [0.25, 0.3) is 5.91 Å². The second-order valence-electron chi connectivity index (χ2n) is 13.1. The van der Waals surface area contributed by atoms with Crippen LogP contribution in [0.15, 0.2) is 36.4 Å². The summed E-state index contributed by atoms with van der Waals surface area (Å²) in [5.41, 5.74) is 14.2. The summed E-state index contributed by atoms with van der Waals surface area (Å²) >= 11 is 0. The van der Waals surface area contributed by atoms with E-state index in [0.717, 1.165) is 59.7 Å². The molecule has 3 saturated heterocycles. The van der Waals surface area contributed by atoms with Gasteiger partial charge < -0.3 is 40.9 Å². The summed E-state index contributed by atoms with van der Waals surface area (Å²) in [4.78, 5) is 46.4. The molecule has 1 atom stereocenters. The highest BCUT2D eigenvalue weighted by molar-refractivity contribution is 5.94. The molecule has 2 aromatic carbocycles. The number of piperidine rings is 3. The van der Waals surface area contributed by atoms with E-state index in [0.29, 0.717) is 51.5 Å². The third-order valence-corrected chi connectivity index (χ3v) is 10.3. The zero-order valence-electron chi connectivity index (χ0n) is 26.0. The minimum Gasteiger partial charge on any atom is -0.436 e. The van der Waals surface area contributed by atoms with Crippen LogP contribution < -0.4 is 27.0 Å². The molecule has 12 heteroatoms. The molecule has 5 N–H and O–H groups in total. The number of nitrogens with one attached hydrogen (secondary N) is 5.